The molecule has 9 nitrogen and oxygen atoms in total. The van der Waals surface area contributed by atoms with E-state index in [9.17, 15) is 24.6 Å². The quantitative estimate of drug-likeness (QED) is 0.159. The number of hydrogen-bond acceptors (Lipinski definition) is 6. The van der Waals surface area contributed by atoms with E-state index in [-0.39, 0.29) is 24.7 Å². The summed E-state index contributed by atoms with van der Waals surface area (Å²) in [5.74, 6) is 1.13. The smallest absolute Gasteiger partial charge is 0.243 e. The highest BCUT2D eigenvalue weighted by Gasteiger charge is 2.34. The van der Waals surface area contributed by atoms with Crippen LogP contribution in [0.5, 0.6) is 0 Å². The largest absolute Gasteiger partial charge is 0.390 e. The molecule has 3 amide bonds. The van der Waals surface area contributed by atoms with Gasteiger partial charge in [-0.25, -0.2) is 0 Å². The first-order valence-electron chi connectivity index (χ1n) is 18.6. The molecule has 0 bridgehead atoms. The number of amides is 3. The van der Waals surface area contributed by atoms with Crippen LogP contribution in [0.1, 0.15) is 88.3 Å². The maximum absolute atomic E-state index is 13.9. The molecule has 0 spiro atoms. The summed E-state index contributed by atoms with van der Waals surface area (Å²) in [5.41, 5.74) is 3.22. The lowest BCUT2D eigenvalue weighted by Crippen LogP contribution is -2.56. The zero-order valence-corrected chi connectivity index (χ0v) is 31.3. The molecule has 4 N–H and O–H groups in total. The fourth-order valence-electron chi connectivity index (χ4n) is 7.40. The van der Waals surface area contributed by atoms with Crippen LogP contribution in [0, 0.1) is 30.1 Å². The number of aliphatic hydroxyl groups is 2. The van der Waals surface area contributed by atoms with Crippen LogP contribution >= 0.6 is 11.6 Å². The lowest BCUT2D eigenvalue weighted by atomic mass is 9.82. The molecule has 1 aliphatic heterocycles. The Morgan fingerprint density at radius 2 is 1.73 bits per heavy atom. The van der Waals surface area contributed by atoms with Crippen molar-refractivity contribution in [2.45, 2.75) is 115 Å². The maximum Gasteiger partial charge on any atom is 0.243 e. The minimum Gasteiger partial charge on any atom is -0.390 e. The van der Waals surface area contributed by atoms with Gasteiger partial charge >= 0.3 is 0 Å². The van der Waals surface area contributed by atoms with Gasteiger partial charge in [0.2, 0.25) is 17.7 Å². The second kappa shape index (κ2) is 20.0. The number of nitrogens with one attached hydrogen (secondary N) is 2. The Balaban J connectivity index is 1.42. The molecular weight excluding hydrogens is 664 g/mol. The predicted octanol–water partition coefficient (Wildman–Crippen LogP) is 5.09. The van der Waals surface area contributed by atoms with Crippen molar-refractivity contribution in [2.24, 2.45) is 17.8 Å². The Kier molecular flexibility index (Phi) is 15.8. The van der Waals surface area contributed by atoms with Crippen LogP contribution in [0.4, 0.5) is 0 Å². The Hall–Kier alpha value is -3.42. The molecule has 0 radical (unpaired) electrons. The van der Waals surface area contributed by atoms with E-state index in [1.54, 1.807) is 11.9 Å². The second-order valence-corrected chi connectivity index (χ2v) is 15.4. The number of rotatable bonds is 18. The van der Waals surface area contributed by atoms with E-state index < -0.39 is 42.0 Å². The summed E-state index contributed by atoms with van der Waals surface area (Å²) >= 11 is 6.40. The van der Waals surface area contributed by atoms with Crippen LogP contribution in [0.3, 0.4) is 0 Å². The van der Waals surface area contributed by atoms with Crippen molar-refractivity contribution in [1.82, 2.24) is 20.4 Å². The summed E-state index contributed by atoms with van der Waals surface area (Å²) in [7, 11) is 1.75. The van der Waals surface area contributed by atoms with Crippen LogP contribution < -0.4 is 10.6 Å². The van der Waals surface area contributed by atoms with Gasteiger partial charge in [0.05, 0.1) is 18.1 Å². The summed E-state index contributed by atoms with van der Waals surface area (Å²) < 4.78 is 0. The van der Waals surface area contributed by atoms with Crippen molar-refractivity contribution >= 4 is 29.3 Å². The molecule has 4 rings (SSSR count). The molecule has 0 aromatic heterocycles. The van der Waals surface area contributed by atoms with E-state index in [0.29, 0.717) is 38.3 Å². The van der Waals surface area contributed by atoms with Gasteiger partial charge in [-0.3, -0.25) is 19.3 Å². The average Bonchev–Trinajstić information content (AvgIpc) is 3.54. The fraction of sp³-hybridized carbons (Fsp3) is 0.585. The molecule has 2 aromatic carbocycles. The highest BCUT2D eigenvalue weighted by Crippen LogP contribution is 2.30. The number of benzene rings is 2. The summed E-state index contributed by atoms with van der Waals surface area (Å²) in [4.78, 5) is 45.2. The Morgan fingerprint density at radius 1 is 1.00 bits per heavy atom. The van der Waals surface area contributed by atoms with Crippen molar-refractivity contribution in [1.29, 1.82) is 0 Å². The van der Waals surface area contributed by atoms with Gasteiger partial charge < -0.3 is 25.7 Å². The van der Waals surface area contributed by atoms with Gasteiger partial charge in [-0.1, -0.05) is 100 Å². The van der Waals surface area contributed by atoms with Crippen LogP contribution in [0.2, 0.25) is 5.02 Å². The Morgan fingerprint density at radius 3 is 2.39 bits per heavy atom. The molecule has 5 atom stereocenters. The van der Waals surface area contributed by atoms with Crippen molar-refractivity contribution in [3.05, 3.63) is 70.2 Å². The van der Waals surface area contributed by atoms with Gasteiger partial charge in [0.1, 0.15) is 12.1 Å². The number of likely N-dealkylation sites (N-methyl/N-ethyl adjacent to an activating group) is 1. The normalized spacial score (nSPS) is 17.8. The Bertz CT molecular complexity index is 1470. The van der Waals surface area contributed by atoms with E-state index in [4.69, 9.17) is 18.0 Å². The van der Waals surface area contributed by atoms with Gasteiger partial charge in [-0.05, 0) is 53.9 Å². The fourth-order valence-corrected chi connectivity index (χ4v) is 7.66. The molecule has 1 unspecified atom stereocenters. The van der Waals surface area contributed by atoms with E-state index >= 15 is 0 Å². The molecule has 2 aromatic rings. The number of nitrogens with zero attached hydrogens (tertiary/aromatic N) is 2. The maximum atomic E-state index is 13.9. The van der Waals surface area contributed by atoms with Gasteiger partial charge in [-0.2, -0.15) is 0 Å². The summed E-state index contributed by atoms with van der Waals surface area (Å²) in [5, 5.41) is 28.6. The molecule has 1 saturated carbocycles. The molecule has 1 heterocycles. The first-order chi connectivity index (χ1) is 24.4. The number of hydrogen-bond donors (Lipinski definition) is 4. The lowest BCUT2D eigenvalue weighted by molar-refractivity contribution is -0.137. The molecule has 1 aliphatic carbocycles. The van der Waals surface area contributed by atoms with Crippen molar-refractivity contribution in [3.8, 4) is 12.3 Å². The van der Waals surface area contributed by atoms with Crippen LogP contribution in [0.25, 0.3) is 0 Å². The number of halogens is 1. The first-order valence-corrected chi connectivity index (χ1v) is 19.0. The minimum absolute atomic E-state index is 0.0436. The number of carbonyl (C=O) groups is 3. The van der Waals surface area contributed by atoms with Gasteiger partial charge in [0.15, 0.2) is 0 Å². The second-order valence-electron chi connectivity index (χ2n) is 15.0. The van der Waals surface area contributed by atoms with Gasteiger partial charge in [0, 0.05) is 51.1 Å². The van der Waals surface area contributed by atoms with Gasteiger partial charge in [-0.15, -0.1) is 12.3 Å². The summed E-state index contributed by atoms with van der Waals surface area (Å²) in [6.45, 7) is 6.59. The third kappa shape index (κ3) is 12.3. The van der Waals surface area contributed by atoms with Gasteiger partial charge in [0.25, 0.3) is 0 Å². The third-order valence-electron chi connectivity index (χ3n) is 10.4. The minimum atomic E-state index is -1.16. The van der Waals surface area contributed by atoms with Crippen LogP contribution in [-0.4, -0.2) is 82.2 Å². The molecule has 2 aliphatic rings. The summed E-state index contributed by atoms with van der Waals surface area (Å²) in [6, 6.07) is 13.7. The van der Waals surface area contributed by atoms with Crippen LogP contribution in [0.15, 0.2) is 48.5 Å². The van der Waals surface area contributed by atoms with Crippen molar-refractivity contribution < 1.29 is 24.6 Å². The zero-order valence-electron chi connectivity index (χ0n) is 30.5. The van der Waals surface area contributed by atoms with Crippen LogP contribution in [-0.2, 0) is 33.9 Å². The highest BCUT2D eigenvalue weighted by atomic mass is 35.5. The average molecular weight is 721 g/mol. The van der Waals surface area contributed by atoms with Crippen molar-refractivity contribution in [2.75, 3.05) is 20.1 Å². The molecule has 10 heteroatoms. The molecule has 1 fully saturated rings. The zero-order chi connectivity index (χ0) is 36.9. The third-order valence-corrected chi connectivity index (χ3v) is 10.8. The lowest BCUT2D eigenvalue weighted by Gasteiger charge is -2.33. The predicted molar refractivity (Wildman–Crippen MR) is 201 cm³/mol. The molecule has 0 saturated heterocycles. The van der Waals surface area contributed by atoms with Crippen molar-refractivity contribution in [3.63, 3.8) is 0 Å². The van der Waals surface area contributed by atoms with E-state index in [2.05, 4.69) is 27.5 Å². The number of fused-ring (bicyclic) bond motifs is 1. The summed E-state index contributed by atoms with van der Waals surface area (Å²) in [6.07, 6.45) is 10.0. The number of terminal acetylenes is 1. The van der Waals surface area contributed by atoms with E-state index in [1.165, 1.54) is 12.0 Å². The van der Waals surface area contributed by atoms with E-state index in [1.807, 2.05) is 56.3 Å². The topological polar surface area (TPSA) is 122 Å². The van der Waals surface area contributed by atoms with E-state index in [0.717, 1.165) is 54.9 Å². The first kappa shape index (κ1) is 40.4. The molecule has 278 valence electrons. The number of aliphatic hydroxyl groups excluding tert-OH is 2. The highest BCUT2D eigenvalue weighted by molar-refractivity contribution is 6.31. The SMILES string of the molecule is C#CC[C@H](NC(=O)[C@@H](CC(=O)N(C)CCN1Cc2cccc(Cl)c2C1)Cc1ccccc1)C(=O)N[C@@H](CC1CCCCC1)C(O)[C@@H](O)CC(C)C. The monoisotopic (exact) mass is 720 g/mol. The molecular formula is C41H57ClN4O5. The standard InChI is InChI=1S/C41H57ClN4O5/c1-5-13-35(41(51)44-36(24-30-16-10-7-11-17-30)39(49)37(47)22-28(2)3)43-40(50)32(23-29-14-8-6-9-15-29)25-38(48)45(4)20-21-46-26-31-18-12-19-34(42)33(31)27-46/h1,6,8-9,12,14-15,18-19,28,30,32,35-37,39,47,49H,7,10-11,13,16-17,20-27H2,2-4H3,(H,43,50)(H,44,51)/t32-,35+,36+,37+,39?/m1/s1. The Labute approximate surface area is 309 Å². The number of carbonyl (C=O) groups excluding carboxylic acids is 3. The molecule has 51 heavy (non-hydrogen) atoms.